The summed E-state index contributed by atoms with van der Waals surface area (Å²) in [6.07, 6.45) is 5.93. The maximum Gasteiger partial charge on any atom is 0.338 e. The highest BCUT2D eigenvalue weighted by Gasteiger charge is 2.23. The molecule has 0 saturated carbocycles. The lowest BCUT2D eigenvalue weighted by atomic mass is 10.1. The second-order valence-corrected chi connectivity index (χ2v) is 8.00. The number of aromatic nitrogens is 2. The summed E-state index contributed by atoms with van der Waals surface area (Å²) in [6.45, 7) is 5.50. The second-order valence-electron chi connectivity index (χ2n) is 8.00. The lowest BCUT2D eigenvalue weighted by Crippen LogP contribution is -2.32. The van der Waals surface area contributed by atoms with Gasteiger partial charge in [0.25, 0.3) is 5.91 Å². The summed E-state index contributed by atoms with van der Waals surface area (Å²) in [5.41, 5.74) is 3.72. The summed E-state index contributed by atoms with van der Waals surface area (Å²) in [5, 5.41) is 4.13. The molecule has 7 nitrogen and oxygen atoms in total. The second kappa shape index (κ2) is 9.77. The van der Waals surface area contributed by atoms with Gasteiger partial charge in [0.1, 0.15) is 0 Å². The Bertz CT molecular complexity index is 1140. The lowest BCUT2D eigenvalue weighted by Gasteiger charge is -2.22. The average molecular weight is 433 g/mol. The van der Waals surface area contributed by atoms with Gasteiger partial charge >= 0.3 is 5.97 Å². The van der Waals surface area contributed by atoms with Crippen LogP contribution in [0.15, 0.2) is 42.6 Å². The summed E-state index contributed by atoms with van der Waals surface area (Å²) in [5.74, 6) is -0.417. The van der Waals surface area contributed by atoms with Gasteiger partial charge in [0, 0.05) is 36.1 Å². The molecule has 0 atom stereocenters. The SMILES string of the molecule is CCOC(=O)c1cccc(Nc2c(C(=O)N3CCCCCC3)cnc3nc(C)ccc23)c1. The minimum absolute atomic E-state index is 0.0362. The number of fused-ring (bicyclic) bond motifs is 1. The van der Waals surface area contributed by atoms with E-state index in [0.29, 0.717) is 34.8 Å². The van der Waals surface area contributed by atoms with Gasteiger partial charge in [-0.15, -0.1) is 0 Å². The Labute approximate surface area is 187 Å². The summed E-state index contributed by atoms with van der Waals surface area (Å²) < 4.78 is 5.12. The van der Waals surface area contributed by atoms with Gasteiger partial charge in [0.2, 0.25) is 0 Å². The molecule has 1 aliphatic rings. The Balaban J connectivity index is 1.76. The molecular formula is C25H28N4O3. The van der Waals surface area contributed by atoms with E-state index < -0.39 is 0 Å². The van der Waals surface area contributed by atoms with Crippen LogP contribution in [-0.2, 0) is 4.74 Å². The topological polar surface area (TPSA) is 84.4 Å². The Morgan fingerprint density at radius 3 is 2.62 bits per heavy atom. The van der Waals surface area contributed by atoms with E-state index in [1.807, 2.05) is 30.0 Å². The van der Waals surface area contributed by atoms with Gasteiger partial charge in [-0.1, -0.05) is 18.9 Å². The number of hydrogen-bond donors (Lipinski definition) is 1. The van der Waals surface area contributed by atoms with E-state index >= 15 is 0 Å². The normalized spacial score (nSPS) is 14.1. The molecular weight excluding hydrogens is 404 g/mol. The Morgan fingerprint density at radius 2 is 1.88 bits per heavy atom. The molecule has 3 heterocycles. The van der Waals surface area contributed by atoms with Crippen molar-refractivity contribution in [3.05, 3.63) is 59.4 Å². The Kier molecular flexibility index (Phi) is 6.63. The van der Waals surface area contributed by atoms with Gasteiger partial charge < -0.3 is 15.0 Å². The summed E-state index contributed by atoms with van der Waals surface area (Å²) in [7, 11) is 0. The molecule has 3 aromatic rings. The maximum atomic E-state index is 13.5. The van der Waals surface area contributed by atoms with E-state index in [4.69, 9.17) is 4.74 Å². The zero-order valence-electron chi connectivity index (χ0n) is 18.6. The number of likely N-dealkylation sites (tertiary alicyclic amines) is 1. The molecule has 2 aromatic heterocycles. The van der Waals surface area contributed by atoms with Crippen LogP contribution in [0.2, 0.25) is 0 Å². The average Bonchev–Trinajstić information content (AvgIpc) is 3.09. The molecule has 1 aromatic carbocycles. The van der Waals surface area contributed by atoms with Crippen molar-refractivity contribution in [3.8, 4) is 0 Å². The number of esters is 1. The van der Waals surface area contributed by atoms with Crippen molar-refractivity contribution in [3.63, 3.8) is 0 Å². The van der Waals surface area contributed by atoms with Gasteiger partial charge in [-0.05, 0) is 57.0 Å². The number of pyridine rings is 2. The minimum atomic E-state index is -0.381. The molecule has 0 bridgehead atoms. The van der Waals surface area contributed by atoms with Crippen molar-refractivity contribution >= 4 is 34.3 Å². The molecule has 4 rings (SSSR count). The summed E-state index contributed by atoms with van der Waals surface area (Å²) in [4.78, 5) is 36.6. The molecule has 166 valence electrons. The first kappa shape index (κ1) is 21.7. The first-order valence-electron chi connectivity index (χ1n) is 11.2. The van der Waals surface area contributed by atoms with Crippen molar-refractivity contribution in [2.75, 3.05) is 25.0 Å². The third-order valence-corrected chi connectivity index (χ3v) is 5.64. The highest BCUT2D eigenvalue weighted by Crippen LogP contribution is 2.30. The largest absolute Gasteiger partial charge is 0.462 e. The van der Waals surface area contributed by atoms with Crippen molar-refractivity contribution in [2.24, 2.45) is 0 Å². The number of aryl methyl sites for hydroxylation is 1. The maximum absolute atomic E-state index is 13.5. The van der Waals surface area contributed by atoms with E-state index in [0.717, 1.165) is 49.9 Å². The number of amides is 1. The zero-order valence-corrected chi connectivity index (χ0v) is 18.6. The van der Waals surface area contributed by atoms with Crippen LogP contribution in [0.1, 0.15) is 59.0 Å². The van der Waals surface area contributed by atoms with Gasteiger partial charge in [0.05, 0.1) is 23.4 Å². The third kappa shape index (κ3) is 4.72. The molecule has 0 radical (unpaired) electrons. The van der Waals surface area contributed by atoms with E-state index in [1.165, 1.54) is 0 Å². The smallest absolute Gasteiger partial charge is 0.338 e. The molecule has 1 saturated heterocycles. The molecule has 0 aliphatic carbocycles. The van der Waals surface area contributed by atoms with Gasteiger partial charge in [-0.2, -0.15) is 0 Å². The van der Waals surface area contributed by atoms with Crippen molar-refractivity contribution in [1.82, 2.24) is 14.9 Å². The number of benzene rings is 1. The fraction of sp³-hybridized carbons (Fsp3) is 0.360. The molecule has 32 heavy (non-hydrogen) atoms. The van der Waals surface area contributed by atoms with Gasteiger partial charge in [-0.3, -0.25) is 4.79 Å². The molecule has 1 fully saturated rings. The monoisotopic (exact) mass is 432 g/mol. The number of rotatable bonds is 5. The molecule has 0 spiro atoms. The zero-order chi connectivity index (χ0) is 22.5. The van der Waals surface area contributed by atoms with Crippen LogP contribution in [0.3, 0.4) is 0 Å². The van der Waals surface area contributed by atoms with Crippen LogP contribution in [0.4, 0.5) is 11.4 Å². The number of carbonyl (C=O) groups excluding carboxylic acids is 2. The van der Waals surface area contributed by atoms with Crippen molar-refractivity contribution < 1.29 is 14.3 Å². The first-order valence-corrected chi connectivity index (χ1v) is 11.2. The van der Waals surface area contributed by atoms with E-state index in [2.05, 4.69) is 15.3 Å². The minimum Gasteiger partial charge on any atom is -0.462 e. The molecule has 7 heteroatoms. The van der Waals surface area contributed by atoms with Crippen LogP contribution < -0.4 is 5.32 Å². The van der Waals surface area contributed by atoms with E-state index in [-0.39, 0.29) is 11.9 Å². The fourth-order valence-electron chi connectivity index (χ4n) is 4.00. The third-order valence-electron chi connectivity index (χ3n) is 5.64. The molecule has 1 aliphatic heterocycles. The number of nitrogens with zero attached hydrogens (tertiary/aromatic N) is 3. The van der Waals surface area contributed by atoms with E-state index in [1.54, 1.807) is 31.3 Å². The molecule has 0 unspecified atom stereocenters. The number of ether oxygens (including phenoxy) is 1. The standard InChI is InChI=1S/C25H28N4O3/c1-3-32-25(31)18-9-8-10-19(15-18)28-22-20-12-11-17(2)27-23(20)26-16-21(22)24(30)29-13-6-4-5-7-14-29/h8-12,15-16H,3-7,13-14H2,1-2H3,(H,26,27,28). The summed E-state index contributed by atoms with van der Waals surface area (Å²) >= 11 is 0. The number of nitrogens with one attached hydrogen (secondary N) is 1. The predicted molar refractivity (Wildman–Crippen MR) is 124 cm³/mol. The van der Waals surface area contributed by atoms with Crippen LogP contribution in [-0.4, -0.2) is 46.4 Å². The number of hydrogen-bond acceptors (Lipinski definition) is 6. The highest BCUT2D eigenvalue weighted by molar-refractivity contribution is 6.07. The van der Waals surface area contributed by atoms with Gasteiger partial charge in [-0.25, -0.2) is 14.8 Å². The highest BCUT2D eigenvalue weighted by atomic mass is 16.5. The van der Waals surface area contributed by atoms with Crippen LogP contribution in [0.25, 0.3) is 11.0 Å². The quantitative estimate of drug-likeness (QED) is 0.579. The number of anilines is 2. The summed E-state index contributed by atoms with van der Waals surface area (Å²) in [6, 6.07) is 10.9. The van der Waals surface area contributed by atoms with Crippen molar-refractivity contribution in [1.29, 1.82) is 0 Å². The first-order chi connectivity index (χ1) is 15.6. The fourth-order valence-corrected chi connectivity index (χ4v) is 4.00. The number of carbonyl (C=O) groups is 2. The van der Waals surface area contributed by atoms with Crippen molar-refractivity contribution in [2.45, 2.75) is 39.5 Å². The van der Waals surface area contributed by atoms with Crippen LogP contribution in [0, 0.1) is 6.92 Å². The van der Waals surface area contributed by atoms with Crippen LogP contribution in [0.5, 0.6) is 0 Å². The Hall–Kier alpha value is -3.48. The molecule has 1 N–H and O–H groups in total. The molecule has 1 amide bonds. The van der Waals surface area contributed by atoms with E-state index in [9.17, 15) is 9.59 Å². The predicted octanol–water partition coefficient (Wildman–Crippen LogP) is 4.87. The lowest BCUT2D eigenvalue weighted by molar-refractivity contribution is 0.0526. The van der Waals surface area contributed by atoms with Crippen LogP contribution >= 0.6 is 0 Å². The Morgan fingerprint density at radius 1 is 1.09 bits per heavy atom. The van der Waals surface area contributed by atoms with Gasteiger partial charge in [0.15, 0.2) is 5.65 Å².